The average Bonchev–Trinajstić information content (AvgIpc) is 2.13. The fraction of sp³-hybridized carbons (Fsp3) is 0.300. The number of rotatable bonds is 3. The molecule has 0 saturated heterocycles. The second-order valence-corrected chi connectivity index (χ2v) is 3.53. The molecule has 1 aromatic carbocycles. The van der Waals surface area contributed by atoms with Gasteiger partial charge in [-0.2, -0.15) is 0 Å². The van der Waals surface area contributed by atoms with Crippen LogP contribution in [0, 0.1) is 5.82 Å². The monoisotopic (exact) mass is 232 g/mol. The molecule has 0 spiro atoms. The molecule has 0 saturated carbocycles. The number of carbonyl (C=O) groups is 1. The molecule has 0 radical (unpaired) electrons. The van der Waals surface area contributed by atoms with Gasteiger partial charge in [-0.05, 0) is 18.6 Å². The summed E-state index contributed by atoms with van der Waals surface area (Å²) in [6.45, 7) is 1.64. The van der Waals surface area contributed by atoms with E-state index in [-0.39, 0.29) is 22.8 Å². The molecular weight excluding hydrogens is 223 g/mol. The third-order valence-electron chi connectivity index (χ3n) is 2.14. The first-order valence-corrected chi connectivity index (χ1v) is 4.75. The topological polar surface area (TPSA) is 57.5 Å². The van der Waals surface area contributed by atoms with Gasteiger partial charge in [0.2, 0.25) is 0 Å². The number of aliphatic carboxylic acids is 1. The van der Waals surface area contributed by atoms with Crippen molar-refractivity contribution in [1.82, 2.24) is 0 Å². The van der Waals surface area contributed by atoms with Crippen molar-refractivity contribution in [2.45, 2.75) is 19.3 Å². The Bertz CT molecular complexity index is 392. The molecule has 1 unspecified atom stereocenters. The summed E-state index contributed by atoms with van der Waals surface area (Å²) in [5, 5.41) is 18.2. The van der Waals surface area contributed by atoms with Crippen LogP contribution in [0.3, 0.4) is 0 Å². The van der Waals surface area contributed by atoms with Crippen LogP contribution in [0.2, 0.25) is 5.02 Å². The van der Waals surface area contributed by atoms with E-state index in [4.69, 9.17) is 16.7 Å². The molecule has 2 N–H and O–H groups in total. The van der Waals surface area contributed by atoms with Crippen molar-refractivity contribution in [3.63, 3.8) is 0 Å². The van der Waals surface area contributed by atoms with E-state index in [0.717, 1.165) is 12.1 Å². The molecule has 1 aromatic rings. The van der Waals surface area contributed by atoms with E-state index in [1.165, 1.54) is 0 Å². The molecule has 0 amide bonds. The smallest absolute Gasteiger partial charge is 0.311 e. The molecule has 0 aliphatic rings. The van der Waals surface area contributed by atoms with Crippen LogP contribution in [0.25, 0.3) is 0 Å². The lowest BCUT2D eigenvalue weighted by atomic mass is 9.95. The molecule has 0 heterocycles. The second kappa shape index (κ2) is 4.49. The van der Waals surface area contributed by atoms with Crippen molar-refractivity contribution in [3.05, 3.63) is 28.5 Å². The van der Waals surface area contributed by atoms with Crippen LogP contribution in [0.5, 0.6) is 5.75 Å². The minimum absolute atomic E-state index is 0.00926. The summed E-state index contributed by atoms with van der Waals surface area (Å²) in [7, 11) is 0. The van der Waals surface area contributed by atoms with E-state index in [1.54, 1.807) is 6.92 Å². The van der Waals surface area contributed by atoms with E-state index in [1.807, 2.05) is 0 Å². The quantitative estimate of drug-likeness (QED) is 0.843. The van der Waals surface area contributed by atoms with Gasteiger partial charge in [0.1, 0.15) is 11.6 Å². The van der Waals surface area contributed by atoms with Gasteiger partial charge in [0.05, 0.1) is 10.9 Å². The highest BCUT2D eigenvalue weighted by Crippen LogP contribution is 2.35. The Morgan fingerprint density at radius 2 is 2.20 bits per heavy atom. The van der Waals surface area contributed by atoms with E-state index >= 15 is 0 Å². The normalized spacial score (nSPS) is 12.5. The molecule has 0 bridgehead atoms. The molecule has 0 aliphatic carbocycles. The number of aromatic hydroxyl groups is 1. The molecule has 0 fully saturated rings. The summed E-state index contributed by atoms with van der Waals surface area (Å²) in [4.78, 5) is 10.8. The maximum absolute atomic E-state index is 13.0. The van der Waals surface area contributed by atoms with Crippen molar-refractivity contribution >= 4 is 17.6 Å². The lowest BCUT2D eigenvalue weighted by Gasteiger charge is -2.12. The van der Waals surface area contributed by atoms with Gasteiger partial charge in [-0.25, -0.2) is 4.39 Å². The Balaban J connectivity index is 3.28. The average molecular weight is 233 g/mol. The summed E-state index contributed by atoms with van der Waals surface area (Å²) in [6.07, 6.45) is 0.253. The number of carboxylic acid groups (broad SMARTS) is 1. The molecule has 3 nitrogen and oxygen atoms in total. The van der Waals surface area contributed by atoms with Crippen molar-refractivity contribution in [2.24, 2.45) is 0 Å². The maximum Gasteiger partial charge on any atom is 0.311 e. The maximum atomic E-state index is 13.0. The Kier molecular flexibility index (Phi) is 3.52. The standard InChI is InChI=1S/C10H10ClFO3/c1-2-6(10(14)15)7-3-5(12)4-8(11)9(7)13/h3-4,6,13H,2H2,1H3,(H,14,15). The van der Waals surface area contributed by atoms with Crippen LogP contribution in [0.1, 0.15) is 24.8 Å². The SMILES string of the molecule is CCC(C(=O)O)c1cc(F)cc(Cl)c1O. The van der Waals surface area contributed by atoms with Gasteiger partial charge in [0.25, 0.3) is 0 Å². The summed E-state index contributed by atoms with van der Waals surface area (Å²) < 4.78 is 13.0. The number of hydrogen-bond acceptors (Lipinski definition) is 2. The van der Waals surface area contributed by atoms with Crippen LogP contribution in [-0.4, -0.2) is 16.2 Å². The van der Waals surface area contributed by atoms with Gasteiger partial charge in [0.15, 0.2) is 0 Å². The predicted molar refractivity (Wildman–Crippen MR) is 53.7 cm³/mol. The number of hydrogen-bond donors (Lipinski definition) is 2. The minimum atomic E-state index is -1.12. The van der Waals surface area contributed by atoms with E-state index in [2.05, 4.69) is 0 Å². The largest absolute Gasteiger partial charge is 0.506 e. The molecule has 1 atom stereocenters. The zero-order valence-corrected chi connectivity index (χ0v) is 8.75. The molecular formula is C10H10ClFO3. The molecule has 82 valence electrons. The summed E-state index contributed by atoms with van der Waals surface area (Å²) in [5.41, 5.74) is 0.00926. The lowest BCUT2D eigenvalue weighted by molar-refractivity contribution is -0.138. The Morgan fingerprint density at radius 3 is 2.67 bits per heavy atom. The van der Waals surface area contributed by atoms with Gasteiger partial charge in [-0.15, -0.1) is 0 Å². The van der Waals surface area contributed by atoms with Gasteiger partial charge in [-0.1, -0.05) is 18.5 Å². The fourth-order valence-electron chi connectivity index (χ4n) is 1.38. The van der Waals surface area contributed by atoms with Gasteiger partial charge in [0, 0.05) is 5.56 Å². The van der Waals surface area contributed by atoms with Gasteiger partial charge in [-0.3, -0.25) is 4.79 Å². The Hall–Kier alpha value is -1.29. The van der Waals surface area contributed by atoms with Crippen LogP contribution in [-0.2, 0) is 4.79 Å². The zero-order chi connectivity index (χ0) is 11.6. The summed E-state index contributed by atoms with van der Waals surface area (Å²) in [5.74, 6) is -3.09. The van der Waals surface area contributed by atoms with Crippen molar-refractivity contribution in [1.29, 1.82) is 0 Å². The summed E-state index contributed by atoms with van der Waals surface area (Å²) in [6, 6.07) is 1.93. The number of phenolic OH excluding ortho intramolecular Hbond substituents is 1. The highest BCUT2D eigenvalue weighted by atomic mass is 35.5. The second-order valence-electron chi connectivity index (χ2n) is 3.12. The number of halogens is 2. The number of phenols is 1. The van der Waals surface area contributed by atoms with Crippen LogP contribution in [0.15, 0.2) is 12.1 Å². The first kappa shape index (κ1) is 11.8. The van der Waals surface area contributed by atoms with Crippen LogP contribution in [0.4, 0.5) is 4.39 Å². The summed E-state index contributed by atoms with van der Waals surface area (Å²) >= 11 is 5.54. The van der Waals surface area contributed by atoms with E-state index in [0.29, 0.717) is 0 Å². The third kappa shape index (κ3) is 2.39. The van der Waals surface area contributed by atoms with Crippen molar-refractivity contribution in [2.75, 3.05) is 0 Å². The van der Waals surface area contributed by atoms with Gasteiger partial charge < -0.3 is 10.2 Å². The first-order chi connectivity index (χ1) is 6.97. The highest BCUT2D eigenvalue weighted by Gasteiger charge is 2.23. The Morgan fingerprint density at radius 1 is 1.60 bits per heavy atom. The number of carboxylic acids is 1. The predicted octanol–water partition coefficient (Wildman–Crippen LogP) is 2.76. The van der Waals surface area contributed by atoms with E-state index in [9.17, 15) is 14.3 Å². The zero-order valence-electron chi connectivity index (χ0n) is 8.00. The molecule has 0 aromatic heterocycles. The fourth-order valence-corrected chi connectivity index (χ4v) is 1.59. The van der Waals surface area contributed by atoms with Crippen LogP contribution >= 0.6 is 11.6 Å². The van der Waals surface area contributed by atoms with Crippen LogP contribution < -0.4 is 0 Å². The molecule has 1 rings (SSSR count). The van der Waals surface area contributed by atoms with Gasteiger partial charge >= 0.3 is 5.97 Å². The molecule has 15 heavy (non-hydrogen) atoms. The van der Waals surface area contributed by atoms with Crippen molar-refractivity contribution in [3.8, 4) is 5.75 Å². The molecule has 5 heteroatoms. The minimum Gasteiger partial charge on any atom is -0.506 e. The van der Waals surface area contributed by atoms with E-state index < -0.39 is 17.7 Å². The van der Waals surface area contributed by atoms with Crippen molar-refractivity contribution < 1.29 is 19.4 Å². The lowest BCUT2D eigenvalue weighted by Crippen LogP contribution is -2.11. The number of benzene rings is 1. The highest BCUT2D eigenvalue weighted by molar-refractivity contribution is 6.32. The first-order valence-electron chi connectivity index (χ1n) is 4.38. The third-order valence-corrected chi connectivity index (χ3v) is 2.43. The molecule has 0 aliphatic heterocycles. The Labute approximate surface area is 91.1 Å².